The normalized spacial score (nSPS) is 10.7. The predicted molar refractivity (Wildman–Crippen MR) is 74.1 cm³/mol. The highest BCUT2D eigenvalue weighted by Gasteiger charge is 2.08. The smallest absolute Gasteiger partial charge is 0.335 e. The first-order chi connectivity index (χ1) is 9.65. The van der Waals surface area contributed by atoms with Crippen molar-refractivity contribution < 1.29 is 14.3 Å². The van der Waals surface area contributed by atoms with E-state index in [9.17, 15) is 9.18 Å². The second-order valence-electron chi connectivity index (χ2n) is 4.42. The number of halogens is 1. The van der Waals surface area contributed by atoms with Crippen molar-refractivity contribution >= 4 is 16.7 Å². The van der Waals surface area contributed by atoms with Gasteiger partial charge >= 0.3 is 5.97 Å². The number of carboxylic acid groups (broad SMARTS) is 1. The van der Waals surface area contributed by atoms with Crippen LogP contribution in [0.2, 0.25) is 0 Å². The Kier molecular flexibility index (Phi) is 2.91. The topological polar surface area (TPSA) is 50.2 Å². The van der Waals surface area contributed by atoms with E-state index in [2.05, 4.69) is 4.98 Å². The first-order valence-corrected chi connectivity index (χ1v) is 6.03. The highest BCUT2D eigenvalue weighted by Crippen LogP contribution is 2.29. The van der Waals surface area contributed by atoms with E-state index in [1.54, 1.807) is 24.3 Å². The molecule has 0 aliphatic carbocycles. The quantitative estimate of drug-likeness (QED) is 0.719. The van der Waals surface area contributed by atoms with E-state index in [1.165, 1.54) is 12.3 Å². The first kappa shape index (κ1) is 12.3. The molecule has 0 aliphatic heterocycles. The molecule has 0 radical (unpaired) electrons. The van der Waals surface area contributed by atoms with Crippen LogP contribution in [0.1, 0.15) is 10.4 Å². The van der Waals surface area contributed by atoms with E-state index in [0.717, 1.165) is 21.9 Å². The third-order valence-electron chi connectivity index (χ3n) is 3.17. The Morgan fingerprint density at radius 3 is 2.65 bits per heavy atom. The maximum absolute atomic E-state index is 12.9. The molecule has 0 bridgehead atoms. The Morgan fingerprint density at radius 2 is 1.95 bits per heavy atom. The van der Waals surface area contributed by atoms with Crippen LogP contribution in [0.15, 0.2) is 54.7 Å². The Morgan fingerprint density at radius 1 is 1.10 bits per heavy atom. The van der Waals surface area contributed by atoms with Crippen LogP contribution in [0.3, 0.4) is 0 Å². The van der Waals surface area contributed by atoms with E-state index in [0.29, 0.717) is 0 Å². The van der Waals surface area contributed by atoms with Gasteiger partial charge in [0, 0.05) is 11.8 Å². The Balaban J connectivity index is 2.26. The van der Waals surface area contributed by atoms with Gasteiger partial charge in [-0.3, -0.25) is 0 Å². The molecular formula is C16H10FNO2. The minimum atomic E-state index is -0.973. The number of aromatic carboxylic acids is 1. The summed E-state index contributed by atoms with van der Waals surface area (Å²) in [6.45, 7) is 0. The van der Waals surface area contributed by atoms with Crippen molar-refractivity contribution in [3.63, 3.8) is 0 Å². The molecule has 0 atom stereocenters. The second-order valence-corrected chi connectivity index (χ2v) is 4.42. The third kappa shape index (κ3) is 2.12. The number of benzene rings is 2. The number of rotatable bonds is 2. The van der Waals surface area contributed by atoms with Gasteiger partial charge in [0.15, 0.2) is 0 Å². The fourth-order valence-electron chi connectivity index (χ4n) is 2.19. The van der Waals surface area contributed by atoms with E-state index in [1.807, 2.05) is 18.2 Å². The fourth-order valence-corrected chi connectivity index (χ4v) is 2.19. The number of hydrogen-bond acceptors (Lipinski definition) is 2. The Bertz CT molecular complexity index is 797. The summed E-state index contributed by atoms with van der Waals surface area (Å²) in [6, 6.07) is 13.5. The van der Waals surface area contributed by atoms with Crippen LogP contribution in [0.25, 0.3) is 21.9 Å². The molecular weight excluding hydrogens is 257 g/mol. The zero-order chi connectivity index (χ0) is 14.1. The standard InChI is InChI=1S/C16H10FNO2/c17-15-7-6-12(9-18-15)13-3-1-2-10-4-5-11(16(19)20)8-14(10)13/h1-9H,(H,19,20). The molecule has 0 amide bonds. The molecule has 3 rings (SSSR count). The molecule has 0 aliphatic rings. The average Bonchev–Trinajstić information content (AvgIpc) is 2.47. The number of aromatic nitrogens is 1. The molecule has 1 aromatic heterocycles. The van der Waals surface area contributed by atoms with Crippen molar-refractivity contribution in [2.75, 3.05) is 0 Å². The summed E-state index contributed by atoms with van der Waals surface area (Å²) in [5, 5.41) is 10.8. The molecule has 4 heteroatoms. The van der Waals surface area contributed by atoms with Crippen molar-refractivity contribution in [3.05, 3.63) is 66.2 Å². The van der Waals surface area contributed by atoms with Gasteiger partial charge in [0.2, 0.25) is 5.95 Å². The summed E-state index contributed by atoms with van der Waals surface area (Å²) >= 11 is 0. The van der Waals surface area contributed by atoms with Gasteiger partial charge in [0.1, 0.15) is 0 Å². The van der Waals surface area contributed by atoms with E-state index in [4.69, 9.17) is 5.11 Å². The lowest BCUT2D eigenvalue weighted by Crippen LogP contribution is -1.95. The van der Waals surface area contributed by atoms with Crippen LogP contribution >= 0.6 is 0 Å². The van der Waals surface area contributed by atoms with Crippen LogP contribution in [0, 0.1) is 5.95 Å². The van der Waals surface area contributed by atoms with Gasteiger partial charge in [-0.2, -0.15) is 4.39 Å². The van der Waals surface area contributed by atoms with Crippen molar-refractivity contribution in [1.82, 2.24) is 4.98 Å². The van der Waals surface area contributed by atoms with Crippen molar-refractivity contribution in [3.8, 4) is 11.1 Å². The van der Waals surface area contributed by atoms with Crippen molar-refractivity contribution in [2.45, 2.75) is 0 Å². The number of fused-ring (bicyclic) bond motifs is 1. The molecule has 20 heavy (non-hydrogen) atoms. The molecule has 0 saturated heterocycles. The molecule has 3 aromatic rings. The lowest BCUT2D eigenvalue weighted by molar-refractivity contribution is 0.0697. The Labute approximate surface area is 114 Å². The van der Waals surface area contributed by atoms with Gasteiger partial charge in [0.05, 0.1) is 5.56 Å². The lowest BCUT2D eigenvalue weighted by atomic mass is 9.98. The maximum Gasteiger partial charge on any atom is 0.335 e. The number of carbonyl (C=O) groups is 1. The largest absolute Gasteiger partial charge is 0.478 e. The summed E-state index contributed by atoms with van der Waals surface area (Å²) in [5.74, 6) is -1.51. The molecule has 1 heterocycles. The van der Waals surface area contributed by atoms with Gasteiger partial charge in [-0.15, -0.1) is 0 Å². The highest BCUT2D eigenvalue weighted by molar-refractivity contribution is 6.01. The van der Waals surface area contributed by atoms with Gasteiger partial charge in [-0.1, -0.05) is 24.3 Å². The minimum absolute atomic E-state index is 0.222. The SMILES string of the molecule is O=C(O)c1ccc2cccc(-c3ccc(F)nc3)c2c1. The fraction of sp³-hybridized carbons (Fsp3) is 0. The molecule has 0 spiro atoms. The maximum atomic E-state index is 12.9. The Hall–Kier alpha value is -2.75. The van der Waals surface area contributed by atoms with Gasteiger partial charge in [-0.25, -0.2) is 9.78 Å². The number of pyridine rings is 1. The summed E-state index contributed by atoms with van der Waals surface area (Å²) in [5.41, 5.74) is 1.80. The lowest BCUT2D eigenvalue weighted by Gasteiger charge is -2.07. The van der Waals surface area contributed by atoms with E-state index < -0.39 is 11.9 Å². The van der Waals surface area contributed by atoms with Crippen LogP contribution in [0.5, 0.6) is 0 Å². The number of carboxylic acids is 1. The number of hydrogen-bond donors (Lipinski definition) is 1. The summed E-state index contributed by atoms with van der Waals surface area (Å²) in [7, 11) is 0. The zero-order valence-corrected chi connectivity index (χ0v) is 10.4. The van der Waals surface area contributed by atoms with Crippen molar-refractivity contribution in [1.29, 1.82) is 0 Å². The van der Waals surface area contributed by atoms with Gasteiger partial charge < -0.3 is 5.11 Å². The monoisotopic (exact) mass is 267 g/mol. The average molecular weight is 267 g/mol. The summed E-state index contributed by atoms with van der Waals surface area (Å²) in [6.07, 6.45) is 1.44. The molecule has 1 N–H and O–H groups in total. The summed E-state index contributed by atoms with van der Waals surface area (Å²) < 4.78 is 12.9. The van der Waals surface area contributed by atoms with Crippen LogP contribution in [-0.2, 0) is 0 Å². The van der Waals surface area contributed by atoms with Crippen LogP contribution < -0.4 is 0 Å². The van der Waals surface area contributed by atoms with Crippen LogP contribution in [-0.4, -0.2) is 16.1 Å². The van der Waals surface area contributed by atoms with Crippen molar-refractivity contribution in [2.24, 2.45) is 0 Å². The molecule has 0 unspecified atom stereocenters. The third-order valence-corrected chi connectivity index (χ3v) is 3.17. The minimum Gasteiger partial charge on any atom is -0.478 e. The van der Waals surface area contributed by atoms with Gasteiger partial charge in [-0.05, 0) is 40.6 Å². The first-order valence-electron chi connectivity index (χ1n) is 6.03. The predicted octanol–water partition coefficient (Wildman–Crippen LogP) is 3.74. The highest BCUT2D eigenvalue weighted by atomic mass is 19.1. The van der Waals surface area contributed by atoms with E-state index in [-0.39, 0.29) is 5.56 Å². The second kappa shape index (κ2) is 4.74. The van der Waals surface area contributed by atoms with Crippen LogP contribution in [0.4, 0.5) is 4.39 Å². The zero-order valence-electron chi connectivity index (χ0n) is 10.4. The molecule has 0 saturated carbocycles. The molecule has 0 fully saturated rings. The number of nitrogens with zero attached hydrogens (tertiary/aromatic N) is 1. The molecule has 3 nitrogen and oxygen atoms in total. The van der Waals surface area contributed by atoms with E-state index >= 15 is 0 Å². The summed E-state index contributed by atoms with van der Waals surface area (Å²) in [4.78, 5) is 14.7. The molecule has 98 valence electrons. The molecule has 2 aromatic carbocycles. The van der Waals surface area contributed by atoms with Gasteiger partial charge in [0.25, 0.3) is 0 Å².